The molecule has 0 aromatic carbocycles. The molecule has 3 atom stereocenters. The van der Waals surface area contributed by atoms with Gasteiger partial charge < -0.3 is 29.8 Å². The number of fused-ring (bicyclic) bond motifs is 1. The van der Waals surface area contributed by atoms with Crippen molar-refractivity contribution >= 4 is 17.5 Å². The fourth-order valence-corrected chi connectivity index (χ4v) is 3.57. The molecule has 0 saturated carbocycles. The number of nitrogens with zero attached hydrogens (tertiary/aromatic N) is 4. The number of nitrogen functional groups attached to an aromatic ring is 1. The van der Waals surface area contributed by atoms with Crippen LogP contribution in [0.2, 0.25) is 0 Å². The van der Waals surface area contributed by atoms with Crippen molar-refractivity contribution in [2.75, 3.05) is 18.9 Å². The Kier molecular flexibility index (Phi) is 6.83. The number of aromatic nitrogens is 3. The molecule has 1 saturated heterocycles. The summed E-state index contributed by atoms with van der Waals surface area (Å²) >= 11 is 0. The number of nitriles is 1. The molecule has 1 aliphatic heterocycles. The van der Waals surface area contributed by atoms with E-state index in [2.05, 4.69) is 16.2 Å². The maximum atomic E-state index is 12.1. The first-order valence-electron chi connectivity index (χ1n) is 10.7. The van der Waals surface area contributed by atoms with Gasteiger partial charge in [-0.15, -0.1) is 0 Å². The molecule has 2 aromatic rings. The first-order chi connectivity index (χ1) is 15.3. The quantitative estimate of drug-likeness (QED) is 0.464. The zero-order valence-electron chi connectivity index (χ0n) is 19.6. The lowest BCUT2D eigenvalue weighted by molar-refractivity contribution is -0.215. The average molecular weight is 462 g/mol. The monoisotopic (exact) mass is 461 g/mol. The summed E-state index contributed by atoms with van der Waals surface area (Å²) in [6.45, 7) is 8.90. The van der Waals surface area contributed by atoms with Gasteiger partial charge in [0.25, 0.3) is 0 Å². The molecule has 180 valence electrons. The Morgan fingerprint density at radius 3 is 2.73 bits per heavy atom. The predicted molar refractivity (Wildman–Crippen MR) is 117 cm³/mol. The van der Waals surface area contributed by atoms with E-state index in [4.69, 9.17) is 24.7 Å². The molecule has 3 N–H and O–H groups in total. The van der Waals surface area contributed by atoms with E-state index in [9.17, 15) is 15.2 Å². The van der Waals surface area contributed by atoms with E-state index < -0.39 is 29.8 Å². The lowest BCUT2D eigenvalue weighted by atomic mass is 9.93. The van der Waals surface area contributed by atoms with E-state index >= 15 is 0 Å². The highest BCUT2D eigenvalue weighted by Crippen LogP contribution is 2.43. The molecule has 11 heteroatoms. The van der Waals surface area contributed by atoms with E-state index in [-0.39, 0.29) is 30.9 Å². The third-order valence-corrected chi connectivity index (χ3v) is 5.16. The maximum Gasteiger partial charge on any atom is 0.508 e. The van der Waals surface area contributed by atoms with Crippen molar-refractivity contribution in [1.29, 1.82) is 5.26 Å². The van der Waals surface area contributed by atoms with Gasteiger partial charge in [0.2, 0.25) is 0 Å². The minimum Gasteiger partial charge on any atom is -0.434 e. The molecule has 0 unspecified atom stereocenters. The van der Waals surface area contributed by atoms with Crippen molar-refractivity contribution in [3.8, 4) is 6.07 Å². The summed E-state index contributed by atoms with van der Waals surface area (Å²) in [6, 6.07) is 5.56. The van der Waals surface area contributed by atoms with Crippen LogP contribution in [0.4, 0.5) is 10.6 Å². The van der Waals surface area contributed by atoms with E-state index in [1.54, 1.807) is 16.6 Å². The Balaban J connectivity index is 1.79. The summed E-state index contributed by atoms with van der Waals surface area (Å²) in [6.07, 6.45) is -0.401. The van der Waals surface area contributed by atoms with Gasteiger partial charge in [-0.25, -0.2) is 14.3 Å². The number of nitrogens with two attached hydrogens (primary N) is 1. The number of hydrogen-bond donors (Lipinski definition) is 2. The van der Waals surface area contributed by atoms with Crippen LogP contribution in [0, 0.1) is 16.7 Å². The van der Waals surface area contributed by atoms with Crippen molar-refractivity contribution in [3.63, 3.8) is 0 Å². The van der Waals surface area contributed by atoms with E-state index in [1.807, 2.05) is 20.8 Å². The smallest absolute Gasteiger partial charge is 0.434 e. The standard InChI is InChI=1S/C22H31N5O6/c1-20(2,3)8-9-30-19(28)31-12-22(11-23)10-16(32-21(4,5)29)17(33-22)14-6-7-15-18(24)25-13-26-27(14)15/h6-7,13,16-17,29H,8-10,12H2,1-5H3,(H2,24,25,26)/t16-,17+,22-/m1/s1. The lowest BCUT2D eigenvalue weighted by Crippen LogP contribution is -2.35. The number of anilines is 1. The zero-order chi connectivity index (χ0) is 24.4. The summed E-state index contributed by atoms with van der Waals surface area (Å²) in [4.78, 5) is 16.0. The second-order valence-electron chi connectivity index (χ2n) is 9.85. The Morgan fingerprint density at radius 2 is 2.09 bits per heavy atom. The van der Waals surface area contributed by atoms with Gasteiger partial charge in [-0.05, 0) is 37.8 Å². The molecule has 0 spiro atoms. The fraction of sp³-hybridized carbons (Fsp3) is 0.636. The summed E-state index contributed by atoms with van der Waals surface area (Å²) in [5, 5.41) is 24.4. The number of carbonyl (C=O) groups excluding carboxylic acids is 1. The van der Waals surface area contributed by atoms with Gasteiger partial charge in [0.15, 0.2) is 17.2 Å². The largest absolute Gasteiger partial charge is 0.508 e. The summed E-state index contributed by atoms with van der Waals surface area (Å²) in [5.74, 6) is -1.21. The second kappa shape index (κ2) is 9.13. The van der Waals surface area contributed by atoms with Crippen LogP contribution in [-0.2, 0) is 18.9 Å². The van der Waals surface area contributed by atoms with Gasteiger partial charge in [-0.3, -0.25) is 0 Å². The fourth-order valence-electron chi connectivity index (χ4n) is 3.57. The zero-order valence-corrected chi connectivity index (χ0v) is 19.6. The van der Waals surface area contributed by atoms with Gasteiger partial charge >= 0.3 is 6.16 Å². The SMILES string of the molecule is CC(C)(C)CCOC(=O)OC[C@]1(C#N)C[C@@H](OC(C)(C)O)[C@H](c2ccc3c(N)ncnn23)O1. The molecular formula is C22H31N5O6. The molecule has 0 radical (unpaired) electrons. The molecular weight excluding hydrogens is 430 g/mol. The highest BCUT2D eigenvalue weighted by molar-refractivity contribution is 5.65. The Labute approximate surface area is 192 Å². The first kappa shape index (κ1) is 24.7. The van der Waals surface area contributed by atoms with Gasteiger partial charge in [0.1, 0.15) is 30.6 Å². The third-order valence-electron chi connectivity index (χ3n) is 5.16. The summed E-state index contributed by atoms with van der Waals surface area (Å²) in [5.41, 5.74) is 5.54. The minimum absolute atomic E-state index is 0.00450. The molecule has 0 aliphatic carbocycles. The van der Waals surface area contributed by atoms with Crippen LogP contribution in [0.1, 0.15) is 59.3 Å². The molecule has 3 rings (SSSR count). The lowest BCUT2D eigenvalue weighted by Gasteiger charge is -2.26. The van der Waals surface area contributed by atoms with Gasteiger partial charge in [0.05, 0.1) is 18.4 Å². The molecule has 2 aromatic heterocycles. The van der Waals surface area contributed by atoms with Crippen LogP contribution in [-0.4, -0.2) is 56.6 Å². The second-order valence-corrected chi connectivity index (χ2v) is 9.85. The summed E-state index contributed by atoms with van der Waals surface area (Å²) < 4.78 is 23.8. The van der Waals surface area contributed by atoms with Crippen LogP contribution >= 0.6 is 0 Å². The molecule has 1 aliphatic rings. The van der Waals surface area contributed by atoms with Crippen LogP contribution in [0.25, 0.3) is 5.52 Å². The third kappa shape index (κ3) is 6.10. The van der Waals surface area contributed by atoms with Crippen molar-refractivity contribution < 1.29 is 28.8 Å². The normalized spacial score (nSPS) is 23.4. The number of carbonyl (C=O) groups is 1. The number of rotatable bonds is 7. The number of ether oxygens (including phenoxy) is 4. The van der Waals surface area contributed by atoms with Crippen molar-refractivity contribution in [1.82, 2.24) is 14.6 Å². The highest BCUT2D eigenvalue weighted by Gasteiger charge is 2.51. The average Bonchev–Trinajstić information content (AvgIpc) is 3.27. The van der Waals surface area contributed by atoms with E-state index in [0.29, 0.717) is 17.6 Å². The minimum atomic E-state index is -1.51. The van der Waals surface area contributed by atoms with Gasteiger partial charge in [-0.1, -0.05) is 20.8 Å². The Hall–Kier alpha value is -2.94. The summed E-state index contributed by atoms with van der Waals surface area (Å²) in [7, 11) is 0. The molecule has 1 fully saturated rings. The molecule has 11 nitrogen and oxygen atoms in total. The Morgan fingerprint density at radius 1 is 1.36 bits per heavy atom. The topological polar surface area (TPSA) is 154 Å². The van der Waals surface area contributed by atoms with Crippen molar-refractivity contribution in [3.05, 3.63) is 24.2 Å². The van der Waals surface area contributed by atoms with E-state index in [0.717, 1.165) is 0 Å². The molecule has 33 heavy (non-hydrogen) atoms. The molecule has 0 amide bonds. The molecule has 3 heterocycles. The Bertz CT molecular complexity index is 1030. The van der Waals surface area contributed by atoms with Crippen LogP contribution in [0.5, 0.6) is 0 Å². The van der Waals surface area contributed by atoms with Crippen molar-refractivity contribution in [2.45, 2.75) is 71.1 Å². The van der Waals surface area contributed by atoms with Gasteiger partial charge in [-0.2, -0.15) is 10.4 Å². The predicted octanol–water partition coefficient (Wildman–Crippen LogP) is 2.74. The van der Waals surface area contributed by atoms with Crippen LogP contribution < -0.4 is 5.73 Å². The van der Waals surface area contributed by atoms with Crippen molar-refractivity contribution in [2.24, 2.45) is 5.41 Å². The van der Waals surface area contributed by atoms with Crippen LogP contribution in [0.3, 0.4) is 0 Å². The number of aliphatic hydroxyl groups is 1. The molecule has 0 bridgehead atoms. The first-order valence-corrected chi connectivity index (χ1v) is 10.7. The number of hydrogen-bond acceptors (Lipinski definition) is 10. The van der Waals surface area contributed by atoms with E-state index in [1.165, 1.54) is 20.2 Å². The highest BCUT2D eigenvalue weighted by atomic mass is 16.7. The maximum absolute atomic E-state index is 12.1. The van der Waals surface area contributed by atoms with Crippen LogP contribution in [0.15, 0.2) is 18.5 Å². The van der Waals surface area contributed by atoms with Gasteiger partial charge in [0, 0.05) is 6.42 Å².